The molecular weight excluding hydrogens is 196 g/mol. The number of piperidine rings is 1. The second-order valence-corrected chi connectivity index (χ2v) is 6.11. The van der Waals surface area contributed by atoms with E-state index in [9.17, 15) is 0 Å². The van der Waals surface area contributed by atoms with E-state index in [4.69, 9.17) is 5.73 Å². The summed E-state index contributed by atoms with van der Waals surface area (Å²) in [7, 11) is 0. The smallest absolute Gasteiger partial charge is 0.00698 e. The van der Waals surface area contributed by atoms with Crippen molar-refractivity contribution in [2.45, 2.75) is 76.9 Å². The molecule has 94 valence electrons. The van der Waals surface area contributed by atoms with Crippen molar-refractivity contribution in [2.75, 3.05) is 6.54 Å². The topological polar surface area (TPSA) is 29.3 Å². The summed E-state index contributed by atoms with van der Waals surface area (Å²) >= 11 is 0. The number of hydrogen-bond acceptors (Lipinski definition) is 2. The zero-order valence-electron chi connectivity index (χ0n) is 11.0. The highest BCUT2D eigenvalue weighted by molar-refractivity contribution is 4.83. The van der Waals surface area contributed by atoms with Crippen LogP contribution in [0.3, 0.4) is 0 Å². The average Bonchev–Trinajstić information content (AvgIpc) is 2.26. The Hall–Kier alpha value is -0.0800. The SMILES string of the molecule is C[C@@H]1CCC[C@H](C)N1CC1CCC(N)CC1. The predicted molar refractivity (Wildman–Crippen MR) is 69.4 cm³/mol. The lowest BCUT2D eigenvalue weighted by Gasteiger charge is -2.42. The van der Waals surface area contributed by atoms with E-state index in [1.807, 2.05) is 0 Å². The van der Waals surface area contributed by atoms with Crippen LogP contribution in [0, 0.1) is 5.92 Å². The van der Waals surface area contributed by atoms with Crippen molar-refractivity contribution in [1.29, 1.82) is 0 Å². The molecule has 2 rings (SSSR count). The van der Waals surface area contributed by atoms with Crippen molar-refractivity contribution in [3.8, 4) is 0 Å². The van der Waals surface area contributed by atoms with Gasteiger partial charge in [0, 0.05) is 24.7 Å². The average molecular weight is 224 g/mol. The van der Waals surface area contributed by atoms with Crippen molar-refractivity contribution < 1.29 is 0 Å². The Balaban J connectivity index is 1.83. The molecule has 2 fully saturated rings. The minimum absolute atomic E-state index is 0.493. The van der Waals surface area contributed by atoms with Gasteiger partial charge in [0.05, 0.1) is 0 Å². The summed E-state index contributed by atoms with van der Waals surface area (Å²) in [6, 6.07) is 2.10. The summed E-state index contributed by atoms with van der Waals surface area (Å²) in [5.41, 5.74) is 5.97. The van der Waals surface area contributed by atoms with Crippen molar-refractivity contribution in [2.24, 2.45) is 11.7 Å². The fourth-order valence-corrected chi connectivity index (χ4v) is 3.50. The number of nitrogens with zero attached hydrogens (tertiary/aromatic N) is 1. The van der Waals surface area contributed by atoms with E-state index in [-0.39, 0.29) is 0 Å². The van der Waals surface area contributed by atoms with Crippen LogP contribution in [0.15, 0.2) is 0 Å². The zero-order chi connectivity index (χ0) is 11.5. The Morgan fingerprint density at radius 1 is 0.938 bits per heavy atom. The summed E-state index contributed by atoms with van der Waals surface area (Å²) in [5, 5.41) is 0. The summed E-state index contributed by atoms with van der Waals surface area (Å²) < 4.78 is 0. The van der Waals surface area contributed by atoms with Crippen LogP contribution in [0.4, 0.5) is 0 Å². The van der Waals surface area contributed by atoms with E-state index < -0.39 is 0 Å². The predicted octanol–water partition coefficient (Wildman–Crippen LogP) is 2.77. The Morgan fingerprint density at radius 2 is 1.50 bits per heavy atom. The summed E-state index contributed by atoms with van der Waals surface area (Å²) in [5.74, 6) is 0.919. The molecule has 0 aromatic rings. The Labute approximate surface area is 101 Å². The molecule has 0 bridgehead atoms. The molecule has 1 heterocycles. The molecule has 2 atom stereocenters. The van der Waals surface area contributed by atoms with Crippen LogP contribution < -0.4 is 5.73 Å². The molecule has 0 aromatic heterocycles. The maximum atomic E-state index is 5.97. The molecule has 0 spiro atoms. The lowest BCUT2D eigenvalue weighted by molar-refractivity contribution is 0.0741. The fraction of sp³-hybridized carbons (Fsp3) is 1.00. The fourth-order valence-electron chi connectivity index (χ4n) is 3.50. The van der Waals surface area contributed by atoms with E-state index in [1.54, 1.807) is 0 Å². The standard InChI is InChI=1S/C14H28N2/c1-11-4-3-5-12(2)16(11)10-13-6-8-14(15)9-7-13/h11-14H,3-10,15H2,1-2H3/t11-,12+,13?,14?. The van der Waals surface area contributed by atoms with Crippen molar-refractivity contribution >= 4 is 0 Å². The molecule has 1 aliphatic carbocycles. The lowest BCUT2D eigenvalue weighted by Crippen LogP contribution is -2.46. The molecule has 0 unspecified atom stereocenters. The van der Waals surface area contributed by atoms with Gasteiger partial charge in [0.1, 0.15) is 0 Å². The zero-order valence-corrected chi connectivity index (χ0v) is 11.0. The first-order valence-corrected chi connectivity index (χ1v) is 7.18. The normalized spacial score (nSPS) is 42.2. The molecular formula is C14H28N2. The molecule has 2 nitrogen and oxygen atoms in total. The molecule has 1 saturated carbocycles. The van der Waals surface area contributed by atoms with Gasteiger partial charge in [-0.1, -0.05) is 6.42 Å². The number of hydrogen-bond donors (Lipinski definition) is 1. The van der Waals surface area contributed by atoms with Crippen LogP contribution in [-0.4, -0.2) is 29.6 Å². The highest BCUT2D eigenvalue weighted by atomic mass is 15.2. The second-order valence-electron chi connectivity index (χ2n) is 6.11. The van der Waals surface area contributed by atoms with Crippen LogP contribution in [0.25, 0.3) is 0 Å². The largest absolute Gasteiger partial charge is 0.328 e. The van der Waals surface area contributed by atoms with Gasteiger partial charge in [0.25, 0.3) is 0 Å². The Kier molecular flexibility index (Phi) is 4.26. The first-order valence-electron chi connectivity index (χ1n) is 7.18. The van der Waals surface area contributed by atoms with Gasteiger partial charge in [0.2, 0.25) is 0 Å². The van der Waals surface area contributed by atoms with Gasteiger partial charge in [-0.05, 0) is 58.3 Å². The number of likely N-dealkylation sites (tertiary alicyclic amines) is 1. The minimum atomic E-state index is 0.493. The molecule has 2 N–H and O–H groups in total. The maximum absolute atomic E-state index is 5.97. The maximum Gasteiger partial charge on any atom is 0.00698 e. The summed E-state index contributed by atoms with van der Waals surface area (Å²) in [4.78, 5) is 2.75. The van der Waals surface area contributed by atoms with Gasteiger partial charge >= 0.3 is 0 Å². The first kappa shape index (κ1) is 12.4. The van der Waals surface area contributed by atoms with Crippen LogP contribution in [-0.2, 0) is 0 Å². The minimum Gasteiger partial charge on any atom is -0.328 e. The molecule has 0 radical (unpaired) electrons. The monoisotopic (exact) mass is 224 g/mol. The van der Waals surface area contributed by atoms with Crippen molar-refractivity contribution in [1.82, 2.24) is 4.90 Å². The van der Waals surface area contributed by atoms with Gasteiger partial charge in [-0.25, -0.2) is 0 Å². The van der Waals surface area contributed by atoms with E-state index in [2.05, 4.69) is 18.7 Å². The van der Waals surface area contributed by atoms with Crippen molar-refractivity contribution in [3.63, 3.8) is 0 Å². The Bertz CT molecular complexity index is 199. The van der Waals surface area contributed by atoms with Gasteiger partial charge < -0.3 is 5.73 Å². The van der Waals surface area contributed by atoms with E-state index >= 15 is 0 Å². The summed E-state index contributed by atoms with van der Waals surface area (Å²) in [6.45, 7) is 6.14. The van der Waals surface area contributed by atoms with E-state index in [0.717, 1.165) is 18.0 Å². The van der Waals surface area contributed by atoms with Gasteiger partial charge in [0.15, 0.2) is 0 Å². The third-order valence-corrected chi connectivity index (χ3v) is 4.74. The Morgan fingerprint density at radius 3 is 2.06 bits per heavy atom. The quantitative estimate of drug-likeness (QED) is 0.781. The van der Waals surface area contributed by atoms with Crippen LogP contribution >= 0.6 is 0 Å². The number of rotatable bonds is 2. The third kappa shape index (κ3) is 2.98. The van der Waals surface area contributed by atoms with Crippen LogP contribution in [0.2, 0.25) is 0 Å². The molecule has 2 heteroatoms. The van der Waals surface area contributed by atoms with E-state index in [0.29, 0.717) is 6.04 Å². The second kappa shape index (κ2) is 5.50. The molecule has 0 amide bonds. The van der Waals surface area contributed by atoms with Crippen LogP contribution in [0.5, 0.6) is 0 Å². The molecule has 16 heavy (non-hydrogen) atoms. The molecule has 1 aliphatic heterocycles. The molecule has 0 aromatic carbocycles. The van der Waals surface area contributed by atoms with Crippen molar-refractivity contribution in [3.05, 3.63) is 0 Å². The third-order valence-electron chi connectivity index (χ3n) is 4.74. The lowest BCUT2D eigenvalue weighted by atomic mass is 9.85. The highest BCUT2D eigenvalue weighted by Gasteiger charge is 2.28. The van der Waals surface area contributed by atoms with Gasteiger partial charge in [-0.2, -0.15) is 0 Å². The highest BCUT2D eigenvalue weighted by Crippen LogP contribution is 2.29. The van der Waals surface area contributed by atoms with Gasteiger partial charge in [-0.3, -0.25) is 4.90 Å². The molecule has 1 saturated heterocycles. The summed E-state index contributed by atoms with van der Waals surface area (Å²) in [6.07, 6.45) is 9.44. The van der Waals surface area contributed by atoms with Crippen LogP contribution in [0.1, 0.15) is 58.8 Å². The number of nitrogens with two attached hydrogens (primary N) is 1. The van der Waals surface area contributed by atoms with E-state index in [1.165, 1.54) is 51.5 Å². The molecule has 2 aliphatic rings. The van der Waals surface area contributed by atoms with Gasteiger partial charge in [-0.15, -0.1) is 0 Å². The first-order chi connectivity index (χ1) is 7.66.